The lowest BCUT2D eigenvalue weighted by Gasteiger charge is -2.32. The molecule has 5 nitrogen and oxygen atoms in total. The van der Waals surface area contributed by atoms with E-state index >= 15 is 0 Å². The van der Waals surface area contributed by atoms with Gasteiger partial charge in [0.25, 0.3) is 0 Å². The molecule has 2 aliphatic heterocycles. The summed E-state index contributed by atoms with van der Waals surface area (Å²) in [5.74, 6) is 1.03. The minimum atomic E-state index is 0.0184. The Morgan fingerprint density at radius 1 is 1.18 bits per heavy atom. The number of hydrogen-bond acceptors (Lipinski definition) is 3. The number of likely N-dealkylation sites (tertiary alicyclic amines) is 2. The van der Waals surface area contributed by atoms with Gasteiger partial charge in [-0.2, -0.15) is 0 Å². The van der Waals surface area contributed by atoms with Crippen LogP contribution in [0.2, 0.25) is 0 Å². The van der Waals surface area contributed by atoms with Crippen molar-refractivity contribution in [1.29, 1.82) is 0 Å². The van der Waals surface area contributed by atoms with Gasteiger partial charge in [0.1, 0.15) is 5.76 Å². The summed E-state index contributed by atoms with van der Waals surface area (Å²) >= 11 is 0. The standard InChI is InChI=1S/C17H24N2O3/c20-16-9-3-5-10-18(16)13-17(21)19-11-4-1-2-7-14(19)15-8-6-12-22-15/h6,8,12,14H,1-5,7,9-11,13H2. The molecule has 0 spiro atoms. The van der Waals surface area contributed by atoms with Crippen LogP contribution in [0, 0.1) is 0 Å². The summed E-state index contributed by atoms with van der Waals surface area (Å²) in [5.41, 5.74) is 0. The molecule has 0 aromatic carbocycles. The summed E-state index contributed by atoms with van der Waals surface area (Å²) < 4.78 is 5.55. The number of amides is 2. The van der Waals surface area contributed by atoms with Gasteiger partial charge in [0.2, 0.25) is 11.8 Å². The highest BCUT2D eigenvalue weighted by atomic mass is 16.3. The fourth-order valence-corrected chi connectivity index (χ4v) is 3.47. The van der Waals surface area contributed by atoms with Gasteiger partial charge in [0.05, 0.1) is 18.8 Å². The van der Waals surface area contributed by atoms with Gasteiger partial charge in [-0.25, -0.2) is 0 Å². The third kappa shape index (κ3) is 3.34. The van der Waals surface area contributed by atoms with Crippen LogP contribution in [0.1, 0.15) is 56.7 Å². The minimum absolute atomic E-state index is 0.0184. The smallest absolute Gasteiger partial charge is 0.242 e. The number of hydrogen-bond donors (Lipinski definition) is 0. The first-order valence-corrected chi connectivity index (χ1v) is 8.36. The van der Waals surface area contributed by atoms with Gasteiger partial charge in [-0.15, -0.1) is 0 Å². The number of nitrogens with zero attached hydrogens (tertiary/aromatic N) is 2. The van der Waals surface area contributed by atoms with E-state index in [9.17, 15) is 9.59 Å². The van der Waals surface area contributed by atoms with E-state index in [2.05, 4.69) is 0 Å². The van der Waals surface area contributed by atoms with E-state index in [0.29, 0.717) is 13.0 Å². The second-order valence-electron chi connectivity index (χ2n) is 6.24. The first-order valence-electron chi connectivity index (χ1n) is 8.36. The summed E-state index contributed by atoms with van der Waals surface area (Å²) in [7, 11) is 0. The Hall–Kier alpha value is -1.78. The molecule has 0 radical (unpaired) electrons. The number of furan rings is 1. The van der Waals surface area contributed by atoms with E-state index in [-0.39, 0.29) is 24.4 Å². The predicted molar refractivity (Wildman–Crippen MR) is 82.1 cm³/mol. The van der Waals surface area contributed by atoms with Crippen LogP contribution < -0.4 is 0 Å². The second kappa shape index (κ2) is 6.99. The Morgan fingerprint density at radius 3 is 2.82 bits per heavy atom. The molecule has 0 N–H and O–H groups in total. The fraction of sp³-hybridized carbons (Fsp3) is 0.647. The van der Waals surface area contributed by atoms with Crippen LogP contribution in [0.25, 0.3) is 0 Å². The highest BCUT2D eigenvalue weighted by molar-refractivity contribution is 5.85. The van der Waals surface area contributed by atoms with Crippen LogP contribution in [0.5, 0.6) is 0 Å². The largest absolute Gasteiger partial charge is 0.467 e. The summed E-state index contributed by atoms with van der Waals surface area (Å²) in [6.45, 7) is 1.69. The van der Waals surface area contributed by atoms with Crippen LogP contribution in [-0.2, 0) is 9.59 Å². The second-order valence-corrected chi connectivity index (χ2v) is 6.24. The van der Waals surface area contributed by atoms with Gasteiger partial charge in [-0.3, -0.25) is 9.59 Å². The van der Waals surface area contributed by atoms with Gasteiger partial charge >= 0.3 is 0 Å². The van der Waals surface area contributed by atoms with E-state index in [1.165, 1.54) is 0 Å². The van der Waals surface area contributed by atoms with E-state index in [1.54, 1.807) is 11.2 Å². The van der Waals surface area contributed by atoms with E-state index in [0.717, 1.165) is 50.8 Å². The third-order valence-electron chi connectivity index (χ3n) is 4.69. The maximum absolute atomic E-state index is 12.8. The average molecular weight is 304 g/mol. The maximum Gasteiger partial charge on any atom is 0.242 e. The molecular formula is C17H24N2O3. The number of piperidine rings is 1. The molecule has 5 heteroatoms. The highest BCUT2D eigenvalue weighted by Crippen LogP contribution is 2.30. The lowest BCUT2D eigenvalue weighted by molar-refractivity contribution is -0.143. The summed E-state index contributed by atoms with van der Waals surface area (Å²) in [4.78, 5) is 28.3. The monoisotopic (exact) mass is 304 g/mol. The Balaban J connectivity index is 1.71. The maximum atomic E-state index is 12.8. The Morgan fingerprint density at radius 2 is 2.05 bits per heavy atom. The molecule has 2 saturated heterocycles. The summed E-state index contributed by atoms with van der Waals surface area (Å²) in [6, 6.07) is 3.84. The lowest BCUT2D eigenvalue weighted by Crippen LogP contribution is -2.45. The molecule has 1 atom stereocenters. The van der Waals surface area contributed by atoms with Crippen molar-refractivity contribution < 1.29 is 14.0 Å². The molecule has 2 amide bonds. The zero-order valence-electron chi connectivity index (χ0n) is 13.0. The van der Waals surface area contributed by atoms with Crippen molar-refractivity contribution >= 4 is 11.8 Å². The van der Waals surface area contributed by atoms with Crippen LogP contribution in [0.3, 0.4) is 0 Å². The first kappa shape index (κ1) is 15.1. The first-order chi connectivity index (χ1) is 10.8. The zero-order chi connectivity index (χ0) is 15.4. The number of rotatable bonds is 3. The van der Waals surface area contributed by atoms with Crippen molar-refractivity contribution in [3.05, 3.63) is 24.2 Å². The van der Waals surface area contributed by atoms with Crippen molar-refractivity contribution in [1.82, 2.24) is 9.80 Å². The molecule has 120 valence electrons. The number of carbonyl (C=O) groups is 2. The normalized spacial score (nSPS) is 23.5. The van der Waals surface area contributed by atoms with Crippen molar-refractivity contribution in [2.24, 2.45) is 0 Å². The molecule has 1 aromatic heterocycles. The fourth-order valence-electron chi connectivity index (χ4n) is 3.47. The Bertz CT molecular complexity index is 512. The van der Waals surface area contributed by atoms with E-state index in [1.807, 2.05) is 17.0 Å². The molecular weight excluding hydrogens is 280 g/mol. The molecule has 0 bridgehead atoms. The van der Waals surface area contributed by atoms with Gasteiger partial charge in [0, 0.05) is 19.5 Å². The van der Waals surface area contributed by atoms with Crippen LogP contribution in [0.4, 0.5) is 0 Å². The van der Waals surface area contributed by atoms with E-state index in [4.69, 9.17) is 4.42 Å². The summed E-state index contributed by atoms with van der Waals surface area (Å²) in [6.07, 6.45) is 8.40. The highest BCUT2D eigenvalue weighted by Gasteiger charge is 2.30. The molecule has 2 aliphatic rings. The van der Waals surface area contributed by atoms with Crippen LogP contribution >= 0.6 is 0 Å². The van der Waals surface area contributed by atoms with Gasteiger partial charge in [-0.1, -0.05) is 12.8 Å². The number of carbonyl (C=O) groups excluding carboxylic acids is 2. The zero-order valence-corrected chi connectivity index (χ0v) is 13.0. The van der Waals surface area contributed by atoms with Crippen molar-refractivity contribution in [2.75, 3.05) is 19.6 Å². The Kier molecular flexibility index (Phi) is 4.80. The quantitative estimate of drug-likeness (QED) is 0.863. The van der Waals surface area contributed by atoms with Crippen molar-refractivity contribution in [2.45, 2.75) is 51.0 Å². The lowest BCUT2D eigenvalue weighted by atomic mass is 10.1. The molecule has 1 aromatic rings. The molecule has 22 heavy (non-hydrogen) atoms. The molecule has 0 saturated carbocycles. The SMILES string of the molecule is O=C1CCCCN1CC(=O)N1CCCCCC1c1ccco1. The topological polar surface area (TPSA) is 53.8 Å². The van der Waals surface area contributed by atoms with Crippen molar-refractivity contribution in [3.8, 4) is 0 Å². The van der Waals surface area contributed by atoms with Crippen LogP contribution in [-0.4, -0.2) is 41.2 Å². The van der Waals surface area contributed by atoms with Gasteiger partial charge in [0.15, 0.2) is 0 Å². The van der Waals surface area contributed by atoms with Crippen molar-refractivity contribution in [3.63, 3.8) is 0 Å². The van der Waals surface area contributed by atoms with Crippen LogP contribution in [0.15, 0.2) is 22.8 Å². The molecule has 0 aliphatic carbocycles. The minimum Gasteiger partial charge on any atom is -0.467 e. The van der Waals surface area contributed by atoms with Gasteiger partial charge < -0.3 is 14.2 Å². The third-order valence-corrected chi connectivity index (χ3v) is 4.69. The van der Waals surface area contributed by atoms with E-state index < -0.39 is 0 Å². The average Bonchev–Trinajstić information content (AvgIpc) is 2.94. The van der Waals surface area contributed by atoms with Gasteiger partial charge in [-0.05, 0) is 37.8 Å². The molecule has 3 heterocycles. The molecule has 2 fully saturated rings. The Labute approximate surface area is 131 Å². The molecule has 1 unspecified atom stereocenters. The summed E-state index contributed by atoms with van der Waals surface area (Å²) in [5, 5.41) is 0. The molecule has 3 rings (SSSR count). The predicted octanol–water partition coefficient (Wildman–Crippen LogP) is 2.74.